The number of nitrogens with zero attached hydrogens (tertiary/aromatic N) is 1. The number of hydrogen-bond donors (Lipinski definition) is 2. The Hall–Kier alpha value is -2.37. The third-order valence-corrected chi connectivity index (χ3v) is 4.70. The van der Waals surface area contributed by atoms with E-state index in [-0.39, 0.29) is 23.7 Å². The Morgan fingerprint density at radius 3 is 2.32 bits per heavy atom. The minimum absolute atomic E-state index is 0.0170. The van der Waals surface area contributed by atoms with Crippen molar-refractivity contribution in [3.63, 3.8) is 0 Å². The van der Waals surface area contributed by atoms with Gasteiger partial charge in [-0.05, 0) is 43.5 Å². The zero-order chi connectivity index (χ0) is 18.4. The average molecular weight is 346 g/mol. The summed E-state index contributed by atoms with van der Waals surface area (Å²) in [6.45, 7) is 4.87. The van der Waals surface area contributed by atoms with Crippen molar-refractivity contribution in [2.45, 2.75) is 39.5 Å². The van der Waals surface area contributed by atoms with Crippen LogP contribution in [0.15, 0.2) is 24.3 Å². The molecule has 0 aromatic heterocycles. The smallest absolute Gasteiger partial charge is 0.306 e. The average Bonchev–Trinajstić information content (AvgIpc) is 2.62. The first-order chi connectivity index (χ1) is 11.9. The highest BCUT2D eigenvalue weighted by molar-refractivity contribution is 5.96. The van der Waals surface area contributed by atoms with E-state index in [0.29, 0.717) is 37.2 Å². The number of aliphatic carboxylic acids is 1. The topological polar surface area (TPSA) is 86.7 Å². The number of carboxylic acids is 1. The molecule has 2 rings (SSSR count). The molecular formula is C19H26N2O4. The Morgan fingerprint density at radius 1 is 1.20 bits per heavy atom. The first-order valence-electron chi connectivity index (χ1n) is 8.85. The molecule has 6 nitrogen and oxygen atoms in total. The zero-order valence-corrected chi connectivity index (χ0v) is 14.8. The largest absolute Gasteiger partial charge is 0.481 e. The van der Waals surface area contributed by atoms with E-state index in [1.807, 2.05) is 13.8 Å². The van der Waals surface area contributed by atoms with Crippen LogP contribution >= 0.6 is 0 Å². The lowest BCUT2D eigenvalue weighted by Crippen LogP contribution is -2.40. The fourth-order valence-electron chi connectivity index (χ4n) is 3.04. The van der Waals surface area contributed by atoms with E-state index in [2.05, 4.69) is 5.32 Å². The first kappa shape index (κ1) is 19.0. The van der Waals surface area contributed by atoms with Crippen LogP contribution in [0.1, 0.15) is 49.9 Å². The minimum atomic E-state index is -0.788. The maximum atomic E-state index is 12.5. The predicted octanol–water partition coefficient (Wildman–Crippen LogP) is 3.00. The number of hydrogen-bond acceptors (Lipinski definition) is 3. The van der Waals surface area contributed by atoms with E-state index in [0.717, 1.165) is 12.8 Å². The van der Waals surface area contributed by atoms with Crippen molar-refractivity contribution in [2.75, 3.05) is 18.4 Å². The van der Waals surface area contributed by atoms with Gasteiger partial charge in [0.05, 0.1) is 5.92 Å². The van der Waals surface area contributed by atoms with Gasteiger partial charge in [0.25, 0.3) is 5.91 Å². The summed E-state index contributed by atoms with van der Waals surface area (Å²) in [7, 11) is 0. The number of amides is 2. The fourth-order valence-corrected chi connectivity index (χ4v) is 3.04. The van der Waals surface area contributed by atoms with Crippen LogP contribution < -0.4 is 5.32 Å². The van der Waals surface area contributed by atoms with Crippen molar-refractivity contribution in [3.8, 4) is 0 Å². The standard InChI is InChI=1S/C19H26N2O4/c1-3-4-13(2)17(22)20-16-7-5-14(6-8-16)18(23)21-11-9-15(10-12-21)19(24)25/h5-8,13,15H,3-4,9-12H2,1-2H3,(H,20,22)(H,24,25). The van der Waals surface area contributed by atoms with Crippen molar-refractivity contribution in [1.82, 2.24) is 4.90 Å². The zero-order valence-electron chi connectivity index (χ0n) is 14.8. The van der Waals surface area contributed by atoms with Crippen molar-refractivity contribution < 1.29 is 19.5 Å². The molecule has 0 bridgehead atoms. The highest BCUT2D eigenvalue weighted by Gasteiger charge is 2.27. The maximum Gasteiger partial charge on any atom is 0.306 e. The van der Waals surface area contributed by atoms with E-state index in [1.54, 1.807) is 29.2 Å². The van der Waals surface area contributed by atoms with Crippen LogP contribution in [-0.4, -0.2) is 40.9 Å². The molecule has 2 N–H and O–H groups in total. The van der Waals surface area contributed by atoms with Gasteiger partial charge in [-0.25, -0.2) is 0 Å². The molecule has 2 amide bonds. The van der Waals surface area contributed by atoms with E-state index in [9.17, 15) is 14.4 Å². The summed E-state index contributed by atoms with van der Waals surface area (Å²) in [5, 5.41) is 11.9. The number of carbonyl (C=O) groups excluding carboxylic acids is 2. The van der Waals surface area contributed by atoms with Crippen LogP contribution in [-0.2, 0) is 9.59 Å². The number of rotatable bonds is 6. The minimum Gasteiger partial charge on any atom is -0.481 e. The van der Waals surface area contributed by atoms with Crippen molar-refractivity contribution >= 4 is 23.5 Å². The first-order valence-corrected chi connectivity index (χ1v) is 8.85. The lowest BCUT2D eigenvalue weighted by Gasteiger charge is -2.30. The molecule has 136 valence electrons. The van der Waals surface area contributed by atoms with Gasteiger partial charge in [0, 0.05) is 30.3 Å². The third-order valence-electron chi connectivity index (χ3n) is 4.70. The number of anilines is 1. The Kier molecular flexibility index (Phi) is 6.56. The number of nitrogens with one attached hydrogen (secondary N) is 1. The SMILES string of the molecule is CCCC(C)C(=O)Nc1ccc(C(=O)N2CCC(C(=O)O)CC2)cc1. The van der Waals surface area contributed by atoms with Gasteiger partial charge in [-0.2, -0.15) is 0 Å². The summed E-state index contributed by atoms with van der Waals surface area (Å²) >= 11 is 0. The highest BCUT2D eigenvalue weighted by Crippen LogP contribution is 2.20. The molecule has 1 aliphatic rings. The van der Waals surface area contributed by atoms with Gasteiger partial charge >= 0.3 is 5.97 Å². The Balaban J connectivity index is 1.92. The lowest BCUT2D eigenvalue weighted by molar-refractivity contribution is -0.143. The number of benzene rings is 1. The van der Waals surface area contributed by atoms with Crippen LogP contribution in [0, 0.1) is 11.8 Å². The van der Waals surface area contributed by atoms with Gasteiger partial charge in [-0.1, -0.05) is 20.3 Å². The van der Waals surface area contributed by atoms with Crippen molar-refractivity contribution in [1.29, 1.82) is 0 Å². The van der Waals surface area contributed by atoms with Gasteiger partial charge in [0.15, 0.2) is 0 Å². The van der Waals surface area contributed by atoms with Gasteiger partial charge in [0.2, 0.25) is 5.91 Å². The second-order valence-corrected chi connectivity index (χ2v) is 6.66. The highest BCUT2D eigenvalue weighted by atomic mass is 16.4. The Morgan fingerprint density at radius 2 is 1.80 bits per heavy atom. The van der Waals surface area contributed by atoms with E-state index >= 15 is 0 Å². The summed E-state index contributed by atoms with van der Waals surface area (Å²) in [5.74, 6) is -1.30. The van der Waals surface area contributed by atoms with Crippen molar-refractivity contribution in [2.24, 2.45) is 11.8 Å². The van der Waals surface area contributed by atoms with Crippen LogP contribution in [0.5, 0.6) is 0 Å². The van der Waals surface area contributed by atoms with Crippen LogP contribution in [0.2, 0.25) is 0 Å². The fraction of sp³-hybridized carbons (Fsp3) is 0.526. The molecule has 1 aromatic rings. The number of likely N-dealkylation sites (tertiary alicyclic amines) is 1. The predicted molar refractivity (Wildman–Crippen MR) is 95.4 cm³/mol. The summed E-state index contributed by atoms with van der Waals surface area (Å²) < 4.78 is 0. The summed E-state index contributed by atoms with van der Waals surface area (Å²) in [4.78, 5) is 37.2. The van der Waals surface area contributed by atoms with E-state index < -0.39 is 5.97 Å². The summed E-state index contributed by atoms with van der Waals surface area (Å²) in [6, 6.07) is 6.86. The molecule has 1 saturated heterocycles. The van der Waals surface area contributed by atoms with Crippen molar-refractivity contribution in [3.05, 3.63) is 29.8 Å². The Bertz CT molecular complexity index is 619. The van der Waals surface area contributed by atoms with Gasteiger partial charge in [-0.15, -0.1) is 0 Å². The van der Waals surface area contributed by atoms with Gasteiger partial charge < -0.3 is 15.3 Å². The summed E-state index contributed by atoms with van der Waals surface area (Å²) in [6.07, 6.45) is 2.78. The number of piperidine rings is 1. The quantitative estimate of drug-likeness (QED) is 0.829. The monoisotopic (exact) mass is 346 g/mol. The summed E-state index contributed by atoms with van der Waals surface area (Å²) in [5.41, 5.74) is 1.22. The molecule has 1 atom stereocenters. The molecular weight excluding hydrogens is 320 g/mol. The molecule has 25 heavy (non-hydrogen) atoms. The molecule has 1 fully saturated rings. The van der Waals surface area contributed by atoms with Crippen LogP contribution in [0.4, 0.5) is 5.69 Å². The molecule has 1 aliphatic heterocycles. The molecule has 0 radical (unpaired) electrons. The van der Waals surface area contributed by atoms with Gasteiger partial charge in [0.1, 0.15) is 0 Å². The normalized spacial score (nSPS) is 16.3. The second kappa shape index (κ2) is 8.65. The molecule has 6 heteroatoms. The number of carboxylic acid groups (broad SMARTS) is 1. The Labute approximate surface area is 148 Å². The third kappa shape index (κ3) is 5.05. The molecule has 1 unspecified atom stereocenters. The molecule has 0 saturated carbocycles. The van der Waals surface area contributed by atoms with E-state index in [4.69, 9.17) is 5.11 Å². The molecule has 0 spiro atoms. The lowest BCUT2D eigenvalue weighted by atomic mass is 9.96. The van der Waals surface area contributed by atoms with Crippen LogP contribution in [0.3, 0.4) is 0 Å². The second-order valence-electron chi connectivity index (χ2n) is 6.66. The van der Waals surface area contributed by atoms with E-state index in [1.165, 1.54) is 0 Å². The molecule has 0 aliphatic carbocycles. The molecule has 1 heterocycles. The maximum absolute atomic E-state index is 12.5. The molecule has 1 aromatic carbocycles. The van der Waals surface area contributed by atoms with Crippen LogP contribution in [0.25, 0.3) is 0 Å². The number of carbonyl (C=O) groups is 3. The van der Waals surface area contributed by atoms with Gasteiger partial charge in [-0.3, -0.25) is 14.4 Å².